The van der Waals surface area contributed by atoms with Crippen LogP contribution in [0.15, 0.2) is 59.9 Å². The summed E-state index contributed by atoms with van der Waals surface area (Å²) in [5.74, 6) is 0.566. The van der Waals surface area contributed by atoms with Gasteiger partial charge in [-0.1, -0.05) is 6.07 Å². The van der Waals surface area contributed by atoms with Crippen LogP contribution in [0.3, 0.4) is 0 Å². The minimum atomic E-state index is 0.0338. The number of pyridine rings is 2. The molecule has 0 aliphatic carbocycles. The highest BCUT2D eigenvalue weighted by Crippen LogP contribution is 2.36. The maximum atomic E-state index is 12.8. The van der Waals surface area contributed by atoms with Crippen molar-refractivity contribution in [1.82, 2.24) is 19.4 Å². The fraction of sp³-hybridized carbons (Fsp3) is 0.286. The number of nitrogens with one attached hydrogen (secondary N) is 1. The smallest absolute Gasteiger partial charge is 0.255 e. The third-order valence-electron chi connectivity index (χ3n) is 5.68. The summed E-state index contributed by atoms with van der Waals surface area (Å²) >= 11 is 0. The van der Waals surface area contributed by atoms with Crippen LogP contribution in [0, 0.1) is 5.92 Å². The molecule has 2 aliphatic heterocycles. The summed E-state index contributed by atoms with van der Waals surface area (Å²) in [7, 11) is 0. The lowest BCUT2D eigenvalue weighted by molar-refractivity contribution is 0.0595. The molecule has 2 aliphatic rings. The Morgan fingerprint density at radius 2 is 2.07 bits per heavy atom. The van der Waals surface area contributed by atoms with Crippen LogP contribution < -0.4 is 5.56 Å². The predicted molar refractivity (Wildman–Crippen MR) is 101 cm³/mol. The van der Waals surface area contributed by atoms with Crippen molar-refractivity contribution in [2.45, 2.75) is 18.9 Å². The van der Waals surface area contributed by atoms with Gasteiger partial charge in [-0.2, -0.15) is 0 Å². The van der Waals surface area contributed by atoms with Gasteiger partial charge in [-0.15, -0.1) is 0 Å². The monoisotopic (exact) mass is 360 g/mol. The fourth-order valence-corrected chi connectivity index (χ4v) is 4.46. The molecule has 0 saturated carbocycles. The number of hydrogen-bond acceptors (Lipinski definition) is 3. The van der Waals surface area contributed by atoms with Gasteiger partial charge < -0.3 is 14.5 Å². The van der Waals surface area contributed by atoms with Crippen LogP contribution in [0.4, 0.5) is 0 Å². The number of carbonyl (C=O) groups excluding carboxylic acids is 1. The Morgan fingerprint density at radius 3 is 2.85 bits per heavy atom. The van der Waals surface area contributed by atoms with Gasteiger partial charge in [0.2, 0.25) is 0 Å². The molecule has 136 valence electrons. The van der Waals surface area contributed by atoms with E-state index < -0.39 is 0 Å². The van der Waals surface area contributed by atoms with Crippen LogP contribution in [0.25, 0.3) is 11.1 Å². The standard InChI is InChI=1S/C21H20N4O2/c26-20-8-17(15-2-1-4-22-9-15)7-19-18-6-14(12-25(19)20)11-24(13-18)21(27)16-3-5-23-10-16/h1-5,7-10,14,18,23H,6,11-13H2/t14-,18+/m0/s1. The summed E-state index contributed by atoms with van der Waals surface area (Å²) in [6.45, 7) is 2.03. The van der Waals surface area contributed by atoms with E-state index in [1.807, 2.05) is 27.7 Å². The molecule has 1 saturated heterocycles. The second-order valence-corrected chi connectivity index (χ2v) is 7.47. The van der Waals surface area contributed by atoms with E-state index in [0.717, 1.165) is 23.2 Å². The van der Waals surface area contributed by atoms with Gasteiger partial charge in [0.15, 0.2) is 0 Å². The number of piperidine rings is 1. The van der Waals surface area contributed by atoms with Crippen molar-refractivity contribution >= 4 is 5.91 Å². The van der Waals surface area contributed by atoms with Crippen LogP contribution in [-0.2, 0) is 6.54 Å². The van der Waals surface area contributed by atoms with Gasteiger partial charge in [0, 0.05) is 67.7 Å². The largest absolute Gasteiger partial charge is 0.367 e. The lowest BCUT2D eigenvalue weighted by Gasteiger charge is -2.42. The number of aromatic amines is 1. The van der Waals surface area contributed by atoms with Crippen LogP contribution in [0.2, 0.25) is 0 Å². The van der Waals surface area contributed by atoms with Crippen molar-refractivity contribution < 1.29 is 4.79 Å². The van der Waals surface area contributed by atoms with Gasteiger partial charge in [0.05, 0.1) is 5.56 Å². The third kappa shape index (κ3) is 2.77. The number of carbonyl (C=O) groups is 1. The predicted octanol–water partition coefficient (Wildman–Crippen LogP) is 2.50. The Bertz CT molecular complexity index is 1040. The van der Waals surface area contributed by atoms with Gasteiger partial charge in [0.1, 0.15) is 0 Å². The lowest BCUT2D eigenvalue weighted by atomic mass is 9.82. The minimum Gasteiger partial charge on any atom is -0.367 e. The van der Waals surface area contributed by atoms with Gasteiger partial charge >= 0.3 is 0 Å². The maximum Gasteiger partial charge on any atom is 0.255 e. The van der Waals surface area contributed by atoms with Crippen LogP contribution in [0.1, 0.15) is 28.4 Å². The summed E-state index contributed by atoms with van der Waals surface area (Å²) in [5, 5.41) is 0. The molecule has 1 N–H and O–H groups in total. The molecule has 1 amide bonds. The molecule has 0 aromatic carbocycles. The maximum absolute atomic E-state index is 12.8. The topological polar surface area (TPSA) is 71.0 Å². The molecule has 27 heavy (non-hydrogen) atoms. The third-order valence-corrected chi connectivity index (χ3v) is 5.68. The molecular formula is C21H20N4O2. The number of nitrogens with zero attached hydrogens (tertiary/aromatic N) is 3. The highest BCUT2D eigenvalue weighted by Gasteiger charge is 2.36. The zero-order chi connectivity index (χ0) is 18.4. The Labute approximate surface area is 156 Å². The molecule has 0 spiro atoms. The summed E-state index contributed by atoms with van der Waals surface area (Å²) < 4.78 is 1.90. The zero-order valence-corrected chi connectivity index (χ0v) is 14.8. The lowest BCUT2D eigenvalue weighted by Crippen LogP contribution is -2.49. The Hall–Kier alpha value is -3.15. The van der Waals surface area contributed by atoms with E-state index >= 15 is 0 Å². The van der Waals surface area contributed by atoms with Crippen LogP contribution in [0.5, 0.6) is 0 Å². The van der Waals surface area contributed by atoms with E-state index in [-0.39, 0.29) is 17.4 Å². The Kier molecular flexibility index (Phi) is 3.70. The van der Waals surface area contributed by atoms with Crippen molar-refractivity contribution in [3.8, 4) is 11.1 Å². The number of rotatable bonds is 2. The number of hydrogen-bond donors (Lipinski definition) is 1. The molecule has 0 unspecified atom stereocenters. The average Bonchev–Trinajstić information content (AvgIpc) is 3.23. The first-order valence-corrected chi connectivity index (χ1v) is 9.26. The Balaban J connectivity index is 1.51. The molecule has 0 radical (unpaired) electrons. The summed E-state index contributed by atoms with van der Waals surface area (Å²) in [6.07, 6.45) is 8.04. The van der Waals surface area contributed by atoms with E-state index in [1.54, 1.807) is 30.9 Å². The van der Waals surface area contributed by atoms with E-state index in [0.29, 0.717) is 31.1 Å². The molecule has 6 heteroatoms. The first kappa shape index (κ1) is 16.1. The van der Waals surface area contributed by atoms with Gasteiger partial charge in [-0.3, -0.25) is 14.6 Å². The number of aromatic nitrogens is 3. The zero-order valence-electron chi connectivity index (χ0n) is 14.8. The molecule has 1 fully saturated rings. The fourth-order valence-electron chi connectivity index (χ4n) is 4.46. The van der Waals surface area contributed by atoms with Crippen LogP contribution in [-0.4, -0.2) is 38.4 Å². The molecular weight excluding hydrogens is 340 g/mol. The first-order valence-electron chi connectivity index (χ1n) is 9.26. The normalized spacial score (nSPS) is 21.0. The molecule has 5 rings (SSSR count). The summed E-state index contributed by atoms with van der Waals surface area (Å²) in [6, 6.07) is 9.45. The van der Waals surface area contributed by atoms with Gasteiger partial charge in [-0.05, 0) is 36.1 Å². The van der Waals surface area contributed by atoms with Gasteiger partial charge in [0.25, 0.3) is 11.5 Å². The SMILES string of the molecule is O=C(c1cc[nH]c1)N1C[C@@H]2C[C@H](C1)c1cc(-c3cccnc3)cc(=O)n1C2. The van der Waals surface area contributed by atoms with Crippen molar-refractivity contribution in [2.75, 3.05) is 13.1 Å². The van der Waals surface area contributed by atoms with Crippen molar-refractivity contribution in [3.05, 3.63) is 76.7 Å². The number of amides is 1. The van der Waals surface area contributed by atoms with E-state index in [9.17, 15) is 9.59 Å². The molecule has 2 atom stereocenters. The van der Waals surface area contributed by atoms with E-state index in [4.69, 9.17) is 0 Å². The van der Waals surface area contributed by atoms with Gasteiger partial charge in [-0.25, -0.2) is 0 Å². The first-order chi connectivity index (χ1) is 13.2. The van der Waals surface area contributed by atoms with Crippen molar-refractivity contribution in [3.63, 3.8) is 0 Å². The Morgan fingerprint density at radius 1 is 1.15 bits per heavy atom. The molecule has 3 aromatic heterocycles. The molecule has 3 aromatic rings. The number of likely N-dealkylation sites (tertiary alicyclic amines) is 1. The number of fused-ring (bicyclic) bond motifs is 4. The summed E-state index contributed by atoms with van der Waals surface area (Å²) in [4.78, 5) is 34.6. The number of H-pyrrole nitrogens is 1. The van der Waals surface area contributed by atoms with Crippen LogP contribution >= 0.6 is 0 Å². The second kappa shape index (κ2) is 6.23. The molecule has 6 nitrogen and oxygen atoms in total. The van der Waals surface area contributed by atoms with Crippen molar-refractivity contribution in [1.29, 1.82) is 0 Å². The summed E-state index contributed by atoms with van der Waals surface area (Å²) in [5.41, 5.74) is 3.59. The second-order valence-electron chi connectivity index (χ2n) is 7.47. The minimum absolute atomic E-state index is 0.0338. The molecule has 5 heterocycles. The highest BCUT2D eigenvalue weighted by molar-refractivity contribution is 5.94. The van der Waals surface area contributed by atoms with E-state index in [1.165, 1.54) is 0 Å². The quantitative estimate of drug-likeness (QED) is 0.763. The van der Waals surface area contributed by atoms with Crippen molar-refractivity contribution in [2.24, 2.45) is 5.92 Å². The average molecular weight is 360 g/mol. The highest BCUT2D eigenvalue weighted by atomic mass is 16.2. The molecule has 2 bridgehead atoms. The van der Waals surface area contributed by atoms with E-state index in [2.05, 4.69) is 16.0 Å².